The largest absolute Gasteiger partial charge is 0.378 e. The van der Waals surface area contributed by atoms with Crippen LogP contribution >= 0.6 is 0 Å². The summed E-state index contributed by atoms with van der Waals surface area (Å²) in [7, 11) is -3.34. The Morgan fingerprint density at radius 3 is 2.70 bits per heavy atom. The summed E-state index contributed by atoms with van der Waals surface area (Å²) in [5.74, 6) is -0.0529. The second-order valence-electron chi connectivity index (χ2n) is 5.61. The van der Waals surface area contributed by atoms with E-state index < -0.39 is 10.0 Å². The Bertz CT molecular complexity index is 639. The van der Waals surface area contributed by atoms with Crippen molar-refractivity contribution in [1.82, 2.24) is 9.62 Å². The van der Waals surface area contributed by atoms with E-state index in [1.165, 1.54) is 0 Å². The highest BCUT2D eigenvalue weighted by molar-refractivity contribution is 7.88. The number of hydrogen-bond acceptors (Lipinski definition) is 4. The molecule has 1 unspecified atom stereocenters. The Kier molecular flexibility index (Phi) is 6.15. The molecule has 1 heterocycles. The fourth-order valence-electron chi connectivity index (χ4n) is 2.59. The molecule has 2 rings (SSSR count). The molecule has 23 heavy (non-hydrogen) atoms. The summed E-state index contributed by atoms with van der Waals surface area (Å²) in [5.41, 5.74) is 1.34. The summed E-state index contributed by atoms with van der Waals surface area (Å²) in [5, 5.41) is 0. The van der Waals surface area contributed by atoms with E-state index in [0.29, 0.717) is 44.7 Å². The maximum atomic E-state index is 12.5. The van der Waals surface area contributed by atoms with Crippen LogP contribution < -0.4 is 4.72 Å². The third-order valence-corrected chi connectivity index (χ3v) is 4.40. The Hall–Kier alpha value is -1.44. The van der Waals surface area contributed by atoms with Crippen molar-refractivity contribution in [2.24, 2.45) is 0 Å². The van der Waals surface area contributed by atoms with E-state index in [2.05, 4.69) is 11.6 Å². The molecule has 127 valence electrons. The molecule has 1 atom stereocenters. The van der Waals surface area contributed by atoms with Crippen LogP contribution in [-0.2, 0) is 14.8 Å². The lowest BCUT2D eigenvalue weighted by molar-refractivity contribution is 0.0303. The number of nitrogens with zero attached hydrogens (tertiary/aromatic N) is 1. The van der Waals surface area contributed by atoms with Crippen molar-refractivity contribution in [3.63, 3.8) is 0 Å². The molecule has 0 aromatic heterocycles. The molecule has 1 aromatic carbocycles. The number of sulfonamides is 1. The highest BCUT2D eigenvalue weighted by Gasteiger charge is 2.21. The standard InChI is InChI=1S/C16H23N2O4S/c1-3-5-15(17-23(2,20)21)13-6-4-7-14(12-13)16(19)18-8-10-22-11-9-18/h4,6-7,12,15,17H,1,3,5,8-11H2,2H3. The highest BCUT2D eigenvalue weighted by atomic mass is 32.2. The first-order valence-corrected chi connectivity index (χ1v) is 9.53. The first-order valence-electron chi connectivity index (χ1n) is 7.64. The third-order valence-electron chi connectivity index (χ3n) is 3.68. The normalized spacial score (nSPS) is 17.0. The fraction of sp³-hybridized carbons (Fsp3) is 0.500. The molecule has 0 spiro atoms. The van der Waals surface area contributed by atoms with Gasteiger partial charge in [-0.1, -0.05) is 25.5 Å². The summed E-state index contributed by atoms with van der Waals surface area (Å²) >= 11 is 0. The van der Waals surface area contributed by atoms with Crippen LogP contribution in [0.3, 0.4) is 0 Å². The smallest absolute Gasteiger partial charge is 0.254 e. The number of ether oxygens (including phenoxy) is 1. The number of nitrogens with one attached hydrogen (secondary N) is 1. The van der Waals surface area contributed by atoms with E-state index in [0.717, 1.165) is 11.8 Å². The van der Waals surface area contributed by atoms with E-state index in [9.17, 15) is 13.2 Å². The minimum Gasteiger partial charge on any atom is -0.378 e. The molecular formula is C16H23N2O4S. The molecule has 0 bridgehead atoms. The van der Waals surface area contributed by atoms with Gasteiger partial charge in [0.2, 0.25) is 10.0 Å². The Morgan fingerprint density at radius 2 is 2.09 bits per heavy atom. The first kappa shape index (κ1) is 17.9. The predicted octanol–water partition coefficient (Wildman–Crippen LogP) is 1.36. The molecule has 1 fully saturated rings. The number of amides is 1. The topological polar surface area (TPSA) is 75.7 Å². The van der Waals surface area contributed by atoms with E-state index in [1.54, 1.807) is 23.1 Å². The summed E-state index contributed by atoms with van der Waals surface area (Å²) in [6, 6.07) is 6.75. The maximum Gasteiger partial charge on any atom is 0.254 e. The van der Waals surface area contributed by atoms with Crippen LogP contribution in [0.5, 0.6) is 0 Å². The number of morpholine rings is 1. The molecule has 6 nitrogen and oxygen atoms in total. The van der Waals surface area contributed by atoms with Crippen molar-refractivity contribution in [3.05, 3.63) is 42.3 Å². The lowest BCUT2D eigenvalue weighted by Gasteiger charge is -2.27. The number of carbonyl (C=O) groups excluding carboxylic acids is 1. The van der Waals surface area contributed by atoms with Gasteiger partial charge in [0.05, 0.1) is 19.5 Å². The second kappa shape index (κ2) is 7.90. The lowest BCUT2D eigenvalue weighted by Crippen LogP contribution is -2.40. The van der Waals surface area contributed by atoms with Crippen molar-refractivity contribution >= 4 is 15.9 Å². The van der Waals surface area contributed by atoms with Gasteiger partial charge >= 0.3 is 0 Å². The number of rotatable bonds is 6. The molecule has 1 aliphatic heterocycles. The van der Waals surface area contributed by atoms with Crippen LogP contribution in [0.1, 0.15) is 34.8 Å². The molecule has 7 heteroatoms. The molecule has 1 amide bonds. The Labute approximate surface area is 137 Å². The zero-order chi connectivity index (χ0) is 16.9. The van der Waals surface area contributed by atoms with Gasteiger partial charge in [-0.3, -0.25) is 4.79 Å². The van der Waals surface area contributed by atoms with Gasteiger partial charge in [-0.2, -0.15) is 0 Å². The first-order chi connectivity index (χ1) is 10.9. The maximum absolute atomic E-state index is 12.5. The van der Waals surface area contributed by atoms with Gasteiger partial charge < -0.3 is 9.64 Å². The lowest BCUT2D eigenvalue weighted by atomic mass is 10.0. The molecular weight excluding hydrogens is 316 g/mol. The Balaban J connectivity index is 2.21. The molecule has 1 N–H and O–H groups in total. The van der Waals surface area contributed by atoms with Gasteiger partial charge in [0.1, 0.15) is 0 Å². The van der Waals surface area contributed by atoms with Crippen molar-refractivity contribution in [2.75, 3.05) is 32.6 Å². The number of hydrogen-bond donors (Lipinski definition) is 1. The summed E-state index contributed by atoms with van der Waals surface area (Å²) < 4.78 is 30.9. The minimum absolute atomic E-state index is 0.0529. The summed E-state index contributed by atoms with van der Waals surface area (Å²) in [6.07, 6.45) is 2.29. The van der Waals surface area contributed by atoms with Crippen LogP contribution in [0.4, 0.5) is 0 Å². The van der Waals surface area contributed by atoms with Gasteiger partial charge in [0.15, 0.2) is 0 Å². The van der Waals surface area contributed by atoms with Crippen LogP contribution in [0.2, 0.25) is 0 Å². The van der Waals surface area contributed by atoms with Gasteiger partial charge in [0, 0.05) is 24.7 Å². The SMILES string of the molecule is [CH2]CCC(NS(C)(=O)=O)c1cccc(C(=O)N2CCOCC2)c1. The monoisotopic (exact) mass is 339 g/mol. The van der Waals surface area contributed by atoms with Gasteiger partial charge in [-0.05, 0) is 24.1 Å². The van der Waals surface area contributed by atoms with Crippen LogP contribution in [0.15, 0.2) is 24.3 Å². The van der Waals surface area contributed by atoms with Crippen LogP contribution in [-0.4, -0.2) is 51.8 Å². The van der Waals surface area contributed by atoms with Gasteiger partial charge in [-0.25, -0.2) is 13.1 Å². The van der Waals surface area contributed by atoms with Crippen molar-refractivity contribution in [1.29, 1.82) is 0 Å². The van der Waals surface area contributed by atoms with Crippen molar-refractivity contribution in [2.45, 2.75) is 18.9 Å². The minimum atomic E-state index is -3.34. The summed E-state index contributed by atoms with van der Waals surface area (Å²) in [6.45, 7) is 6.03. The number of benzene rings is 1. The van der Waals surface area contributed by atoms with Crippen molar-refractivity contribution in [3.8, 4) is 0 Å². The van der Waals surface area contributed by atoms with Gasteiger partial charge in [0.25, 0.3) is 5.91 Å². The van der Waals surface area contributed by atoms with Crippen molar-refractivity contribution < 1.29 is 17.9 Å². The predicted molar refractivity (Wildman–Crippen MR) is 88.5 cm³/mol. The second-order valence-corrected chi connectivity index (χ2v) is 7.39. The van der Waals surface area contributed by atoms with E-state index >= 15 is 0 Å². The van der Waals surface area contributed by atoms with Crippen LogP contribution in [0, 0.1) is 6.92 Å². The fourth-order valence-corrected chi connectivity index (χ4v) is 3.36. The van der Waals surface area contributed by atoms with Crippen LogP contribution in [0.25, 0.3) is 0 Å². The van der Waals surface area contributed by atoms with E-state index in [4.69, 9.17) is 4.74 Å². The molecule has 1 aliphatic rings. The summed E-state index contributed by atoms with van der Waals surface area (Å²) in [4.78, 5) is 14.3. The molecule has 0 aliphatic carbocycles. The zero-order valence-electron chi connectivity index (χ0n) is 13.3. The molecule has 1 saturated heterocycles. The molecule has 0 saturated carbocycles. The quantitative estimate of drug-likeness (QED) is 0.849. The third kappa shape index (κ3) is 5.30. The molecule has 1 radical (unpaired) electrons. The average Bonchev–Trinajstić information content (AvgIpc) is 2.53. The van der Waals surface area contributed by atoms with Gasteiger partial charge in [-0.15, -0.1) is 0 Å². The number of carbonyl (C=O) groups is 1. The zero-order valence-corrected chi connectivity index (χ0v) is 14.1. The Morgan fingerprint density at radius 1 is 1.39 bits per heavy atom. The van der Waals surface area contributed by atoms with E-state index in [1.807, 2.05) is 6.07 Å². The highest BCUT2D eigenvalue weighted by Crippen LogP contribution is 2.21. The molecule has 1 aromatic rings. The van der Waals surface area contributed by atoms with E-state index in [-0.39, 0.29) is 11.9 Å². The average molecular weight is 339 g/mol.